The zero-order valence-corrected chi connectivity index (χ0v) is 13.9. The standard InChI is InChI=1S/C17H19N3O4/c1-4-5-20(10-15(21)22)17-11(8-18)9-19-16-13(17)6-12(23-2)7-14(16)24-3/h6-7,9H,4-5,10H2,1-3H3,(H,21,22). The van der Waals surface area contributed by atoms with E-state index in [1.807, 2.05) is 6.92 Å². The summed E-state index contributed by atoms with van der Waals surface area (Å²) in [4.78, 5) is 17.2. The Bertz CT molecular complexity index is 799. The van der Waals surface area contributed by atoms with Crippen molar-refractivity contribution in [2.45, 2.75) is 13.3 Å². The summed E-state index contributed by atoms with van der Waals surface area (Å²) in [6, 6.07) is 5.54. The Morgan fingerprint density at radius 2 is 2.12 bits per heavy atom. The van der Waals surface area contributed by atoms with Crippen molar-refractivity contribution >= 4 is 22.6 Å². The minimum Gasteiger partial charge on any atom is -0.497 e. The third-order valence-corrected chi connectivity index (χ3v) is 3.59. The van der Waals surface area contributed by atoms with Crippen molar-refractivity contribution in [3.63, 3.8) is 0 Å². The van der Waals surface area contributed by atoms with Gasteiger partial charge in [0.15, 0.2) is 0 Å². The molecule has 0 bridgehead atoms. The second-order valence-electron chi connectivity index (χ2n) is 5.17. The highest BCUT2D eigenvalue weighted by molar-refractivity contribution is 5.99. The van der Waals surface area contributed by atoms with E-state index in [1.54, 1.807) is 17.0 Å². The van der Waals surface area contributed by atoms with Gasteiger partial charge in [0.1, 0.15) is 29.6 Å². The number of aliphatic carboxylic acids is 1. The number of anilines is 1. The topological polar surface area (TPSA) is 95.7 Å². The SMILES string of the molecule is CCCN(CC(=O)O)c1c(C#N)cnc2c(OC)cc(OC)cc12. The molecule has 7 nitrogen and oxygen atoms in total. The largest absolute Gasteiger partial charge is 0.497 e. The molecule has 0 aliphatic rings. The Morgan fingerprint density at radius 1 is 1.38 bits per heavy atom. The van der Waals surface area contributed by atoms with Crippen molar-refractivity contribution in [2.24, 2.45) is 0 Å². The molecule has 1 aromatic heterocycles. The maximum absolute atomic E-state index is 11.3. The first-order valence-electron chi connectivity index (χ1n) is 7.47. The molecule has 0 saturated heterocycles. The van der Waals surface area contributed by atoms with E-state index < -0.39 is 5.97 Å². The minimum absolute atomic E-state index is 0.207. The van der Waals surface area contributed by atoms with Gasteiger partial charge in [-0.3, -0.25) is 9.78 Å². The van der Waals surface area contributed by atoms with E-state index in [2.05, 4.69) is 11.1 Å². The van der Waals surface area contributed by atoms with Crippen LogP contribution in [0.2, 0.25) is 0 Å². The fourth-order valence-corrected chi connectivity index (χ4v) is 2.63. The van der Waals surface area contributed by atoms with Gasteiger partial charge in [-0.15, -0.1) is 0 Å². The predicted octanol–water partition coefficient (Wildman–Crippen LogP) is 2.42. The van der Waals surface area contributed by atoms with Crippen molar-refractivity contribution in [1.29, 1.82) is 5.26 Å². The van der Waals surface area contributed by atoms with Crippen LogP contribution in [0.3, 0.4) is 0 Å². The van der Waals surface area contributed by atoms with Gasteiger partial charge in [-0.2, -0.15) is 5.26 Å². The molecule has 0 aliphatic heterocycles. The molecule has 0 aliphatic carbocycles. The molecule has 1 aromatic carbocycles. The van der Waals surface area contributed by atoms with Crippen molar-refractivity contribution < 1.29 is 19.4 Å². The van der Waals surface area contributed by atoms with Crippen LogP contribution >= 0.6 is 0 Å². The van der Waals surface area contributed by atoms with Crippen LogP contribution in [0.4, 0.5) is 5.69 Å². The lowest BCUT2D eigenvalue weighted by Gasteiger charge is -2.25. The lowest BCUT2D eigenvalue weighted by molar-refractivity contribution is -0.135. The van der Waals surface area contributed by atoms with Gasteiger partial charge in [0, 0.05) is 24.2 Å². The number of carboxylic acid groups (broad SMARTS) is 1. The van der Waals surface area contributed by atoms with E-state index in [-0.39, 0.29) is 6.54 Å². The molecule has 1 heterocycles. The maximum Gasteiger partial charge on any atom is 0.323 e. The molecule has 0 spiro atoms. The predicted molar refractivity (Wildman–Crippen MR) is 89.7 cm³/mol. The highest BCUT2D eigenvalue weighted by Crippen LogP contribution is 2.37. The Kier molecular flexibility index (Phi) is 5.42. The summed E-state index contributed by atoms with van der Waals surface area (Å²) in [5.74, 6) is 0.0817. The molecular formula is C17H19N3O4. The van der Waals surface area contributed by atoms with Gasteiger partial charge in [-0.25, -0.2) is 0 Å². The fourth-order valence-electron chi connectivity index (χ4n) is 2.63. The molecule has 0 atom stereocenters. The van der Waals surface area contributed by atoms with Gasteiger partial charge < -0.3 is 19.5 Å². The van der Waals surface area contributed by atoms with Gasteiger partial charge in [0.05, 0.1) is 25.5 Å². The minimum atomic E-state index is -0.966. The number of hydrogen-bond donors (Lipinski definition) is 1. The summed E-state index contributed by atoms with van der Waals surface area (Å²) in [5, 5.41) is 19.3. The summed E-state index contributed by atoms with van der Waals surface area (Å²) in [5.41, 5.74) is 1.40. The summed E-state index contributed by atoms with van der Waals surface area (Å²) in [6.07, 6.45) is 2.18. The summed E-state index contributed by atoms with van der Waals surface area (Å²) in [6.45, 7) is 2.24. The highest BCUT2D eigenvalue weighted by Gasteiger charge is 2.20. The molecule has 0 amide bonds. The van der Waals surface area contributed by atoms with E-state index in [0.717, 1.165) is 6.42 Å². The molecule has 7 heteroatoms. The number of pyridine rings is 1. The molecule has 0 unspecified atom stereocenters. The van der Waals surface area contributed by atoms with Gasteiger partial charge in [0.25, 0.3) is 0 Å². The molecule has 0 saturated carbocycles. The van der Waals surface area contributed by atoms with Gasteiger partial charge in [0.2, 0.25) is 0 Å². The van der Waals surface area contributed by atoms with Crippen LogP contribution in [-0.4, -0.2) is 43.4 Å². The average molecular weight is 329 g/mol. The third kappa shape index (κ3) is 3.33. The Balaban J connectivity index is 2.81. The Labute approximate surface area is 140 Å². The van der Waals surface area contributed by atoms with E-state index in [9.17, 15) is 15.2 Å². The smallest absolute Gasteiger partial charge is 0.323 e. The lowest BCUT2D eigenvalue weighted by atomic mass is 10.1. The zero-order chi connectivity index (χ0) is 17.7. The summed E-state index contributed by atoms with van der Waals surface area (Å²) >= 11 is 0. The molecule has 0 radical (unpaired) electrons. The number of ether oxygens (including phenoxy) is 2. The number of nitriles is 1. The molecule has 1 N–H and O–H groups in total. The van der Waals surface area contributed by atoms with Crippen LogP contribution in [0.15, 0.2) is 18.3 Å². The van der Waals surface area contributed by atoms with Crippen LogP contribution in [0, 0.1) is 11.3 Å². The number of benzene rings is 1. The number of hydrogen-bond acceptors (Lipinski definition) is 6. The first kappa shape index (κ1) is 17.3. The van der Waals surface area contributed by atoms with Crippen LogP contribution in [0.1, 0.15) is 18.9 Å². The Hall–Kier alpha value is -3.01. The number of nitrogens with zero attached hydrogens (tertiary/aromatic N) is 3. The third-order valence-electron chi connectivity index (χ3n) is 3.59. The van der Waals surface area contributed by atoms with Crippen LogP contribution in [0.5, 0.6) is 11.5 Å². The van der Waals surface area contributed by atoms with Gasteiger partial charge in [-0.05, 0) is 12.5 Å². The number of rotatable bonds is 7. The van der Waals surface area contributed by atoms with Crippen molar-refractivity contribution in [2.75, 3.05) is 32.2 Å². The monoisotopic (exact) mass is 329 g/mol. The molecule has 0 fully saturated rings. The van der Waals surface area contributed by atoms with Crippen molar-refractivity contribution in [3.05, 3.63) is 23.9 Å². The molecule has 126 valence electrons. The zero-order valence-electron chi connectivity index (χ0n) is 13.9. The normalized spacial score (nSPS) is 10.2. The van der Waals surface area contributed by atoms with E-state index in [0.29, 0.717) is 40.2 Å². The van der Waals surface area contributed by atoms with Crippen molar-refractivity contribution in [1.82, 2.24) is 4.98 Å². The maximum atomic E-state index is 11.3. The summed E-state index contributed by atoms with van der Waals surface area (Å²) < 4.78 is 10.6. The number of fused-ring (bicyclic) bond motifs is 1. The van der Waals surface area contributed by atoms with Crippen LogP contribution in [0.25, 0.3) is 10.9 Å². The number of methoxy groups -OCH3 is 2. The average Bonchev–Trinajstić information content (AvgIpc) is 2.58. The quantitative estimate of drug-likeness (QED) is 0.833. The van der Waals surface area contributed by atoms with Crippen LogP contribution in [-0.2, 0) is 4.79 Å². The molecule has 2 rings (SSSR count). The second kappa shape index (κ2) is 7.51. The molecular weight excluding hydrogens is 310 g/mol. The second-order valence-corrected chi connectivity index (χ2v) is 5.17. The lowest BCUT2D eigenvalue weighted by Crippen LogP contribution is -2.31. The summed E-state index contributed by atoms with van der Waals surface area (Å²) in [7, 11) is 3.05. The highest BCUT2D eigenvalue weighted by atomic mass is 16.5. The first-order chi connectivity index (χ1) is 11.5. The van der Waals surface area contributed by atoms with E-state index in [4.69, 9.17) is 9.47 Å². The van der Waals surface area contributed by atoms with Gasteiger partial charge in [-0.1, -0.05) is 6.92 Å². The number of carboxylic acids is 1. The van der Waals surface area contributed by atoms with Crippen LogP contribution < -0.4 is 14.4 Å². The number of aromatic nitrogens is 1. The molecule has 24 heavy (non-hydrogen) atoms. The van der Waals surface area contributed by atoms with E-state index >= 15 is 0 Å². The number of carbonyl (C=O) groups is 1. The fraction of sp³-hybridized carbons (Fsp3) is 0.353. The van der Waals surface area contributed by atoms with Crippen molar-refractivity contribution in [3.8, 4) is 17.6 Å². The Morgan fingerprint density at radius 3 is 2.67 bits per heavy atom. The first-order valence-corrected chi connectivity index (χ1v) is 7.47. The van der Waals surface area contributed by atoms with E-state index in [1.165, 1.54) is 20.4 Å². The molecule has 2 aromatic rings. The van der Waals surface area contributed by atoms with Gasteiger partial charge >= 0.3 is 5.97 Å².